The van der Waals surface area contributed by atoms with Crippen LogP contribution in [0.5, 0.6) is 17.5 Å². The molecule has 0 bridgehead atoms. The SMILES string of the molecule is COc1cc(-c2cc(C)c3c(O)n(-c4nc(CO)cs4)cc3n2)cnc1OC. The van der Waals surface area contributed by atoms with Crippen LogP contribution in [-0.4, -0.2) is 44.0 Å². The molecule has 144 valence electrons. The van der Waals surface area contributed by atoms with E-state index in [2.05, 4.69) is 15.0 Å². The van der Waals surface area contributed by atoms with Gasteiger partial charge in [0, 0.05) is 23.3 Å². The maximum Gasteiger partial charge on any atom is 0.256 e. The Morgan fingerprint density at radius 2 is 2.00 bits per heavy atom. The topological polar surface area (TPSA) is 103 Å². The van der Waals surface area contributed by atoms with Crippen molar-refractivity contribution in [1.29, 1.82) is 0 Å². The van der Waals surface area contributed by atoms with E-state index in [9.17, 15) is 10.2 Å². The van der Waals surface area contributed by atoms with Gasteiger partial charge in [0.25, 0.3) is 5.88 Å². The Morgan fingerprint density at radius 3 is 2.68 bits per heavy atom. The van der Waals surface area contributed by atoms with Crippen LogP contribution in [0.1, 0.15) is 11.3 Å². The van der Waals surface area contributed by atoms with Crippen LogP contribution >= 0.6 is 11.3 Å². The Balaban J connectivity index is 1.85. The summed E-state index contributed by atoms with van der Waals surface area (Å²) in [6.07, 6.45) is 3.40. The number of aromatic nitrogens is 4. The first-order valence-electron chi connectivity index (χ1n) is 8.41. The summed E-state index contributed by atoms with van der Waals surface area (Å²) >= 11 is 1.34. The van der Waals surface area contributed by atoms with E-state index >= 15 is 0 Å². The summed E-state index contributed by atoms with van der Waals surface area (Å²) in [4.78, 5) is 13.3. The number of methoxy groups -OCH3 is 2. The minimum Gasteiger partial charge on any atom is -0.494 e. The maximum absolute atomic E-state index is 10.7. The molecule has 0 amide bonds. The van der Waals surface area contributed by atoms with Crippen molar-refractivity contribution in [3.05, 3.63) is 41.2 Å². The predicted octanol–water partition coefficient (Wildman–Crippen LogP) is 3.07. The van der Waals surface area contributed by atoms with Crippen LogP contribution in [-0.2, 0) is 6.61 Å². The van der Waals surface area contributed by atoms with Crippen LogP contribution < -0.4 is 9.47 Å². The number of fused-ring (bicyclic) bond motifs is 1. The van der Waals surface area contributed by atoms with Gasteiger partial charge in [0.15, 0.2) is 10.9 Å². The largest absolute Gasteiger partial charge is 0.494 e. The average molecular weight is 398 g/mol. The second-order valence-corrected chi connectivity index (χ2v) is 6.96. The number of hydrogen-bond acceptors (Lipinski definition) is 8. The van der Waals surface area contributed by atoms with Gasteiger partial charge in [0.1, 0.15) is 0 Å². The third-order valence-electron chi connectivity index (χ3n) is 4.38. The summed E-state index contributed by atoms with van der Waals surface area (Å²) in [6, 6.07) is 3.70. The fourth-order valence-corrected chi connectivity index (χ4v) is 3.82. The summed E-state index contributed by atoms with van der Waals surface area (Å²) < 4.78 is 12.1. The second kappa shape index (κ2) is 7.10. The summed E-state index contributed by atoms with van der Waals surface area (Å²) in [6.45, 7) is 1.76. The molecule has 0 saturated heterocycles. The summed E-state index contributed by atoms with van der Waals surface area (Å²) in [5.41, 5.74) is 3.52. The molecule has 2 N–H and O–H groups in total. The maximum atomic E-state index is 10.7. The van der Waals surface area contributed by atoms with E-state index in [-0.39, 0.29) is 12.5 Å². The first-order valence-corrected chi connectivity index (χ1v) is 9.29. The fraction of sp³-hybridized carbons (Fsp3) is 0.211. The van der Waals surface area contributed by atoms with Crippen LogP contribution in [0.4, 0.5) is 0 Å². The number of nitrogens with zero attached hydrogens (tertiary/aromatic N) is 4. The van der Waals surface area contributed by atoms with Gasteiger partial charge in [-0.25, -0.2) is 15.0 Å². The van der Waals surface area contributed by atoms with Crippen molar-refractivity contribution < 1.29 is 19.7 Å². The molecule has 9 heteroatoms. The van der Waals surface area contributed by atoms with E-state index in [1.165, 1.54) is 18.4 Å². The highest BCUT2D eigenvalue weighted by atomic mass is 32.1. The van der Waals surface area contributed by atoms with Gasteiger partial charge in [-0.15, -0.1) is 11.3 Å². The third-order valence-corrected chi connectivity index (χ3v) is 5.27. The molecule has 0 radical (unpaired) electrons. The molecule has 0 spiro atoms. The number of pyridine rings is 2. The normalized spacial score (nSPS) is 11.1. The Kier molecular flexibility index (Phi) is 4.62. The lowest BCUT2D eigenvalue weighted by molar-refractivity contribution is 0.277. The Bertz CT molecular complexity index is 1170. The lowest BCUT2D eigenvalue weighted by atomic mass is 10.1. The Morgan fingerprint density at radius 1 is 1.18 bits per heavy atom. The van der Waals surface area contributed by atoms with Gasteiger partial charge in [-0.3, -0.25) is 4.57 Å². The molecule has 0 atom stereocenters. The number of rotatable bonds is 5. The number of aryl methyl sites for hydroxylation is 1. The Hall–Kier alpha value is -3.17. The number of aliphatic hydroxyl groups excluding tert-OH is 1. The monoisotopic (exact) mass is 398 g/mol. The molecule has 0 saturated carbocycles. The van der Waals surface area contributed by atoms with Gasteiger partial charge in [-0.2, -0.15) is 0 Å². The smallest absolute Gasteiger partial charge is 0.256 e. The lowest BCUT2D eigenvalue weighted by Gasteiger charge is -2.09. The van der Waals surface area contributed by atoms with Gasteiger partial charge in [0.2, 0.25) is 5.88 Å². The molecule has 28 heavy (non-hydrogen) atoms. The zero-order valence-corrected chi connectivity index (χ0v) is 16.3. The summed E-state index contributed by atoms with van der Waals surface area (Å²) in [7, 11) is 3.09. The first kappa shape index (κ1) is 18.2. The molecular formula is C19H18N4O4S. The number of aromatic hydroxyl groups is 1. The quantitative estimate of drug-likeness (QED) is 0.533. The highest BCUT2D eigenvalue weighted by Crippen LogP contribution is 2.36. The molecule has 0 aliphatic heterocycles. The highest BCUT2D eigenvalue weighted by Gasteiger charge is 2.18. The molecule has 0 fully saturated rings. The molecule has 4 aromatic rings. The molecular weight excluding hydrogens is 380 g/mol. The lowest BCUT2D eigenvalue weighted by Crippen LogP contribution is -1.95. The van der Waals surface area contributed by atoms with Gasteiger partial charge < -0.3 is 19.7 Å². The van der Waals surface area contributed by atoms with Crippen LogP contribution in [0.2, 0.25) is 0 Å². The van der Waals surface area contributed by atoms with Crippen molar-refractivity contribution in [2.45, 2.75) is 13.5 Å². The van der Waals surface area contributed by atoms with Gasteiger partial charge >= 0.3 is 0 Å². The van der Waals surface area contributed by atoms with E-state index in [0.29, 0.717) is 39.1 Å². The second-order valence-electron chi connectivity index (χ2n) is 6.12. The first-order chi connectivity index (χ1) is 13.5. The van der Waals surface area contributed by atoms with E-state index in [1.807, 2.05) is 19.1 Å². The van der Waals surface area contributed by atoms with Crippen LogP contribution in [0.15, 0.2) is 29.9 Å². The molecule has 4 rings (SSSR count). The molecule has 0 aliphatic carbocycles. The van der Waals surface area contributed by atoms with Gasteiger partial charge in [-0.05, 0) is 24.6 Å². The molecule has 0 unspecified atom stereocenters. The molecule has 4 aromatic heterocycles. The van der Waals surface area contributed by atoms with Crippen molar-refractivity contribution >= 4 is 22.2 Å². The van der Waals surface area contributed by atoms with E-state index < -0.39 is 0 Å². The van der Waals surface area contributed by atoms with Crippen LogP contribution in [0, 0.1) is 6.92 Å². The number of thiazole rings is 1. The number of ether oxygens (including phenoxy) is 2. The Labute approximate surface area is 164 Å². The number of aliphatic hydroxyl groups is 1. The van der Waals surface area contributed by atoms with Crippen molar-refractivity contribution in [2.24, 2.45) is 0 Å². The average Bonchev–Trinajstić information content (AvgIpc) is 3.31. The van der Waals surface area contributed by atoms with Gasteiger partial charge in [0.05, 0.1) is 43.1 Å². The third kappa shape index (κ3) is 2.94. The zero-order chi connectivity index (χ0) is 19.8. The number of hydrogen-bond donors (Lipinski definition) is 2. The summed E-state index contributed by atoms with van der Waals surface area (Å²) in [5, 5.41) is 22.9. The van der Waals surface area contributed by atoms with Crippen molar-refractivity contribution in [3.63, 3.8) is 0 Å². The predicted molar refractivity (Wildman–Crippen MR) is 105 cm³/mol. The molecule has 8 nitrogen and oxygen atoms in total. The van der Waals surface area contributed by atoms with Gasteiger partial charge in [-0.1, -0.05) is 0 Å². The molecule has 0 aromatic carbocycles. The van der Waals surface area contributed by atoms with Crippen LogP contribution in [0.3, 0.4) is 0 Å². The molecule has 4 heterocycles. The van der Waals surface area contributed by atoms with Crippen molar-refractivity contribution in [1.82, 2.24) is 19.5 Å². The van der Waals surface area contributed by atoms with E-state index in [1.54, 1.807) is 29.5 Å². The van der Waals surface area contributed by atoms with Crippen LogP contribution in [0.25, 0.3) is 27.3 Å². The van der Waals surface area contributed by atoms with Crippen molar-refractivity contribution in [2.75, 3.05) is 14.2 Å². The molecule has 0 aliphatic rings. The zero-order valence-electron chi connectivity index (χ0n) is 15.5. The van der Waals surface area contributed by atoms with E-state index in [0.717, 1.165) is 11.1 Å². The van der Waals surface area contributed by atoms with Crippen molar-refractivity contribution in [3.8, 4) is 33.9 Å². The minimum atomic E-state index is -0.147. The highest BCUT2D eigenvalue weighted by molar-refractivity contribution is 7.12. The fourth-order valence-electron chi connectivity index (χ4n) is 3.03. The summed E-state index contributed by atoms with van der Waals surface area (Å²) in [5.74, 6) is 0.978. The standard InChI is InChI=1S/C19H18N4O4S/c1-10-4-13(11-5-15(26-2)17(27-3)20-6-11)22-14-7-23(18(25)16(10)14)19-21-12(8-24)9-28-19/h4-7,9,24-25H,8H2,1-3H3. The minimum absolute atomic E-state index is 0.0656. The van der Waals surface area contributed by atoms with E-state index in [4.69, 9.17) is 9.47 Å².